The number of esters is 1. The SMILES string of the molecule is COC(=O)CCN1C(=O)N[C@]2(CN(C)C[C@H]2c2ccc3c(c2)OCO3)C1=O. The Morgan fingerprint density at radius 3 is 2.89 bits per heavy atom. The van der Waals surface area contributed by atoms with Crippen molar-refractivity contribution in [2.45, 2.75) is 17.9 Å². The lowest BCUT2D eigenvalue weighted by atomic mass is 9.81. The standard InChI is InChI=1S/C18H21N3O6/c1-20-8-12(11-3-4-13-14(7-11)27-10-26-13)18(9-20)16(23)21(17(24)19-18)6-5-15(22)25-2/h3-4,7,12H,5-6,8-10H2,1-2H3,(H,19,24)/t12-,18-/m0/s1. The first-order chi connectivity index (χ1) is 12.9. The Morgan fingerprint density at radius 2 is 2.11 bits per heavy atom. The highest BCUT2D eigenvalue weighted by Gasteiger charge is 2.59. The fraction of sp³-hybridized carbons (Fsp3) is 0.500. The third-order valence-electron chi connectivity index (χ3n) is 5.38. The largest absolute Gasteiger partial charge is 0.469 e. The Kier molecular flexibility index (Phi) is 4.18. The topological polar surface area (TPSA) is 97.4 Å². The van der Waals surface area contributed by atoms with Crippen LogP contribution in [0.5, 0.6) is 11.5 Å². The van der Waals surface area contributed by atoms with Crippen molar-refractivity contribution >= 4 is 17.9 Å². The van der Waals surface area contributed by atoms with Gasteiger partial charge in [-0.05, 0) is 24.7 Å². The average molecular weight is 375 g/mol. The number of hydrogen-bond acceptors (Lipinski definition) is 7. The molecule has 3 aliphatic rings. The van der Waals surface area contributed by atoms with Crippen molar-refractivity contribution in [3.8, 4) is 11.5 Å². The quantitative estimate of drug-likeness (QED) is 0.597. The van der Waals surface area contributed by atoms with Gasteiger partial charge in [-0.25, -0.2) is 4.79 Å². The number of methoxy groups -OCH3 is 1. The number of hydrogen-bond donors (Lipinski definition) is 1. The normalized spacial score (nSPS) is 26.7. The smallest absolute Gasteiger partial charge is 0.325 e. The van der Waals surface area contributed by atoms with E-state index >= 15 is 0 Å². The van der Waals surface area contributed by atoms with Gasteiger partial charge in [0.1, 0.15) is 5.54 Å². The van der Waals surface area contributed by atoms with Crippen LogP contribution in [0.3, 0.4) is 0 Å². The third kappa shape index (κ3) is 2.78. The van der Waals surface area contributed by atoms with E-state index in [9.17, 15) is 14.4 Å². The van der Waals surface area contributed by atoms with Gasteiger partial charge < -0.3 is 24.4 Å². The number of nitrogens with zero attached hydrogens (tertiary/aromatic N) is 2. The van der Waals surface area contributed by atoms with Crippen LogP contribution in [0.1, 0.15) is 17.9 Å². The number of amides is 3. The summed E-state index contributed by atoms with van der Waals surface area (Å²) in [6, 6.07) is 5.10. The van der Waals surface area contributed by atoms with Crippen LogP contribution in [0.2, 0.25) is 0 Å². The van der Waals surface area contributed by atoms with Gasteiger partial charge in [-0.3, -0.25) is 14.5 Å². The Morgan fingerprint density at radius 1 is 1.33 bits per heavy atom. The number of imide groups is 1. The van der Waals surface area contributed by atoms with E-state index in [4.69, 9.17) is 9.47 Å². The molecule has 3 amide bonds. The van der Waals surface area contributed by atoms with Crippen LogP contribution in [0, 0.1) is 0 Å². The van der Waals surface area contributed by atoms with Gasteiger partial charge in [0, 0.05) is 25.6 Å². The molecule has 1 spiro atoms. The maximum absolute atomic E-state index is 13.2. The van der Waals surface area contributed by atoms with Crippen LogP contribution in [-0.4, -0.2) is 73.8 Å². The molecule has 0 unspecified atom stereocenters. The zero-order chi connectivity index (χ0) is 19.2. The summed E-state index contributed by atoms with van der Waals surface area (Å²) >= 11 is 0. The third-order valence-corrected chi connectivity index (χ3v) is 5.38. The molecule has 2 atom stereocenters. The van der Waals surface area contributed by atoms with Gasteiger partial charge >= 0.3 is 12.0 Å². The number of nitrogens with one attached hydrogen (secondary N) is 1. The molecule has 9 heteroatoms. The first-order valence-electron chi connectivity index (χ1n) is 8.73. The summed E-state index contributed by atoms with van der Waals surface area (Å²) in [6.45, 7) is 1.17. The summed E-state index contributed by atoms with van der Waals surface area (Å²) in [5, 5.41) is 2.89. The van der Waals surface area contributed by atoms with Crippen molar-refractivity contribution in [1.82, 2.24) is 15.1 Å². The second-order valence-corrected chi connectivity index (χ2v) is 7.05. The van der Waals surface area contributed by atoms with Gasteiger partial charge in [0.25, 0.3) is 5.91 Å². The van der Waals surface area contributed by atoms with E-state index in [0.29, 0.717) is 24.6 Å². The lowest BCUT2D eigenvalue weighted by Crippen LogP contribution is -2.52. The average Bonchev–Trinajstić information content (AvgIpc) is 3.30. The van der Waals surface area contributed by atoms with Gasteiger partial charge in [-0.15, -0.1) is 0 Å². The Balaban J connectivity index is 1.63. The van der Waals surface area contributed by atoms with Crippen molar-refractivity contribution in [2.75, 3.05) is 40.6 Å². The monoisotopic (exact) mass is 375 g/mol. The molecular weight excluding hydrogens is 354 g/mol. The molecule has 4 rings (SSSR count). The number of carbonyl (C=O) groups is 3. The van der Waals surface area contributed by atoms with Crippen LogP contribution in [-0.2, 0) is 14.3 Å². The highest BCUT2D eigenvalue weighted by Crippen LogP contribution is 2.43. The first-order valence-corrected chi connectivity index (χ1v) is 8.73. The van der Waals surface area contributed by atoms with Crippen molar-refractivity contribution in [3.05, 3.63) is 23.8 Å². The minimum Gasteiger partial charge on any atom is -0.469 e. The molecule has 1 aromatic carbocycles. The number of rotatable bonds is 4. The molecule has 27 heavy (non-hydrogen) atoms. The summed E-state index contributed by atoms with van der Waals surface area (Å²) in [4.78, 5) is 40.2. The summed E-state index contributed by atoms with van der Waals surface area (Å²) in [5.41, 5.74) is -0.164. The van der Waals surface area contributed by atoms with Gasteiger partial charge in [0.15, 0.2) is 11.5 Å². The van der Waals surface area contributed by atoms with Crippen LogP contribution >= 0.6 is 0 Å². The number of fused-ring (bicyclic) bond motifs is 1. The fourth-order valence-corrected chi connectivity index (χ4v) is 4.08. The molecule has 2 saturated heterocycles. The molecule has 0 bridgehead atoms. The lowest BCUT2D eigenvalue weighted by Gasteiger charge is -2.28. The van der Waals surface area contributed by atoms with E-state index in [1.54, 1.807) is 0 Å². The minimum atomic E-state index is -1.06. The van der Waals surface area contributed by atoms with Crippen LogP contribution in [0.25, 0.3) is 0 Å². The Hall–Kier alpha value is -2.81. The van der Waals surface area contributed by atoms with E-state index in [1.807, 2.05) is 30.1 Å². The minimum absolute atomic E-state index is 0.00331. The number of benzene rings is 1. The van der Waals surface area contributed by atoms with Crippen LogP contribution < -0.4 is 14.8 Å². The molecule has 3 aliphatic heterocycles. The molecule has 1 aromatic rings. The van der Waals surface area contributed by atoms with E-state index in [1.165, 1.54) is 7.11 Å². The van der Waals surface area contributed by atoms with Gasteiger partial charge in [-0.2, -0.15) is 0 Å². The molecule has 0 aliphatic carbocycles. The molecule has 1 N–H and O–H groups in total. The maximum atomic E-state index is 13.2. The maximum Gasteiger partial charge on any atom is 0.325 e. The predicted octanol–water partition coefficient (Wildman–Crippen LogP) is 0.298. The predicted molar refractivity (Wildman–Crippen MR) is 92.4 cm³/mol. The molecule has 3 heterocycles. The van der Waals surface area contributed by atoms with Crippen molar-refractivity contribution < 1.29 is 28.6 Å². The van der Waals surface area contributed by atoms with E-state index in [2.05, 4.69) is 10.1 Å². The highest BCUT2D eigenvalue weighted by molar-refractivity contribution is 6.08. The number of ether oxygens (including phenoxy) is 3. The summed E-state index contributed by atoms with van der Waals surface area (Å²) in [7, 11) is 3.18. The van der Waals surface area contributed by atoms with Crippen LogP contribution in [0.4, 0.5) is 4.79 Å². The van der Waals surface area contributed by atoms with Crippen LogP contribution in [0.15, 0.2) is 18.2 Å². The number of likely N-dealkylation sites (tertiary alicyclic amines) is 1. The second-order valence-electron chi connectivity index (χ2n) is 7.05. The second kappa shape index (κ2) is 6.41. The summed E-state index contributed by atoms with van der Waals surface area (Å²) in [5.74, 6) is 0.282. The molecular formula is C18H21N3O6. The molecule has 144 valence electrons. The van der Waals surface area contributed by atoms with E-state index in [-0.39, 0.29) is 31.6 Å². The van der Waals surface area contributed by atoms with Gasteiger partial charge in [0.05, 0.1) is 13.5 Å². The zero-order valence-corrected chi connectivity index (χ0v) is 15.2. The first kappa shape index (κ1) is 17.6. The summed E-state index contributed by atoms with van der Waals surface area (Å²) < 4.78 is 15.4. The summed E-state index contributed by atoms with van der Waals surface area (Å²) in [6.07, 6.45) is -0.0315. The molecule has 0 aromatic heterocycles. The zero-order valence-electron chi connectivity index (χ0n) is 15.2. The Bertz CT molecular complexity index is 812. The van der Waals surface area contributed by atoms with Gasteiger partial charge in [-0.1, -0.05) is 6.07 Å². The number of likely N-dealkylation sites (N-methyl/N-ethyl adjacent to an activating group) is 1. The van der Waals surface area contributed by atoms with Crippen molar-refractivity contribution in [1.29, 1.82) is 0 Å². The molecule has 0 saturated carbocycles. The molecule has 0 radical (unpaired) electrons. The van der Waals surface area contributed by atoms with Crippen molar-refractivity contribution in [3.63, 3.8) is 0 Å². The number of urea groups is 1. The van der Waals surface area contributed by atoms with Gasteiger partial charge in [0.2, 0.25) is 6.79 Å². The van der Waals surface area contributed by atoms with E-state index < -0.39 is 17.5 Å². The highest BCUT2D eigenvalue weighted by atomic mass is 16.7. The molecule has 2 fully saturated rings. The Labute approximate surface area is 156 Å². The fourth-order valence-electron chi connectivity index (χ4n) is 4.08. The van der Waals surface area contributed by atoms with Crippen molar-refractivity contribution in [2.24, 2.45) is 0 Å². The molecule has 9 nitrogen and oxygen atoms in total. The van der Waals surface area contributed by atoms with E-state index in [0.717, 1.165) is 10.5 Å². The number of carbonyl (C=O) groups excluding carboxylic acids is 3. The lowest BCUT2D eigenvalue weighted by molar-refractivity contribution is -0.141.